The van der Waals surface area contributed by atoms with E-state index < -0.39 is 0 Å². The van der Waals surface area contributed by atoms with Crippen molar-refractivity contribution >= 4 is 22.3 Å². The number of thiophene rings is 1. The predicted molar refractivity (Wildman–Crippen MR) is 106 cm³/mol. The minimum atomic E-state index is 0.685. The Morgan fingerprint density at radius 3 is 2.81 bits per heavy atom. The molecule has 2 aromatic rings. The van der Waals surface area contributed by atoms with Crippen molar-refractivity contribution in [2.24, 2.45) is 4.99 Å². The summed E-state index contributed by atoms with van der Waals surface area (Å²) in [4.78, 5) is 9.28. The predicted octanol–water partition coefficient (Wildman–Crippen LogP) is 1.96. The molecule has 0 saturated carbocycles. The molecule has 0 radical (unpaired) electrons. The van der Waals surface area contributed by atoms with Crippen molar-refractivity contribution < 1.29 is 0 Å². The number of hydrogen-bond donors (Lipinski definition) is 1. The lowest BCUT2D eigenvalue weighted by atomic mass is 10.2. The number of fused-ring (bicyclic) bond motifs is 1. The number of aromatic nitrogens is 3. The van der Waals surface area contributed by atoms with Crippen molar-refractivity contribution in [3.8, 4) is 0 Å². The molecule has 140 valence electrons. The molecule has 0 aromatic carbocycles. The minimum absolute atomic E-state index is 0.685. The van der Waals surface area contributed by atoms with Crippen LogP contribution in [0.4, 0.5) is 5.00 Å². The van der Waals surface area contributed by atoms with Gasteiger partial charge in [-0.3, -0.25) is 4.99 Å². The number of rotatable bonds is 3. The van der Waals surface area contributed by atoms with Crippen LogP contribution in [0.3, 0.4) is 0 Å². The summed E-state index contributed by atoms with van der Waals surface area (Å²) in [5.41, 5.74) is 0. The summed E-state index contributed by atoms with van der Waals surface area (Å²) in [5, 5.41) is 15.8. The van der Waals surface area contributed by atoms with Crippen LogP contribution in [0.1, 0.15) is 30.9 Å². The molecule has 2 aliphatic heterocycles. The molecule has 2 aromatic heterocycles. The highest BCUT2D eigenvalue weighted by molar-refractivity contribution is 7.14. The molecule has 0 aliphatic carbocycles. The first-order valence-corrected chi connectivity index (χ1v) is 10.4. The molecule has 4 heterocycles. The summed E-state index contributed by atoms with van der Waals surface area (Å²) in [6.07, 6.45) is 4.78. The average molecular weight is 374 g/mol. The molecular formula is C18H27N7S. The van der Waals surface area contributed by atoms with Gasteiger partial charge in [-0.15, -0.1) is 21.5 Å². The molecule has 7 nitrogen and oxygen atoms in total. The number of aliphatic imine (C=N–C) groups is 1. The summed E-state index contributed by atoms with van der Waals surface area (Å²) in [5.74, 6) is 3.13. The van der Waals surface area contributed by atoms with Gasteiger partial charge in [0.2, 0.25) is 0 Å². The number of guanidine groups is 1. The van der Waals surface area contributed by atoms with Crippen LogP contribution >= 0.6 is 11.3 Å². The number of nitrogens with one attached hydrogen (secondary N) is 1. The Bertz CT molecular complexity index is 729. The third-order valence-corrected chi connectivity index (χ3v) is 6.13. The fourth-order valence-electron chi connectivity index (χ4n) is 3.75. The lowest BCUT2D eigenvalue weighted by molar-refractivity contribution is 0.372. The van der Waals surface area contributed by atoms with E-state index in [4.69, 9.17) is 0 Å². The molecule has 26 heavy (non-hydrogen) atoms. The third kappa shape index (κ3) is 3.70. The van der Waals surface area contributed by atoms with E-state index in [1.54, 1.807) is 0 Å². The van der Waals surface area contributed by atoms with E-state index in [-0.39, 0.29) is 0 Å². The minimum Gasteiger partial charge on any atom is -0.360 e. The molecule has 0 amide bonds. The summed E-state index contributed by atoms with van der Waals surface area (Å²) in [6.45, 7) is 5.75. The Hall–Kier alpha value is -2.09. The number of aryl methyl sites for hydroxylation is 1. The van der Waals surface area contributed by atoms with Gasteiger partial charge >= 0.3 is 0 Å². The molecule has 4 rings (SSSR count). The van der Waals surface area contributed by atoms with Crippen LogP contribution in [-0.2, 0) is 19.5 Å². The molecule has 1 fully saturated rings. The standard InChI is InChI=1S/C18H27N7S/c1-19-18(24-11-9-23(10-12-24)17-7-5-13-26-17)20-14-16-22-21-15-6-3-2-4-8-25(15)16/h5,7,13H,2-4,6,8-12,14H2,1H3,(H,19,20). The maximum atomic E-state index is 4.49. The summed E-state index contributed by atoms with van der Waals surface area (Å²) in [7, 11) is 1.86. The summed E-state index contributed by atoms with van der Waals surface area (Å²) >= 11 is 1.81. The van der Waals surface area contributed by atoms with Crippen molar-refractivity contribution in [3.63, 3.8) is 0 Å². The normalized spacial score (nSPS) is 18.6. The van der Waals surface area contributed by atoms with Crippen molar-refractivity contribution in [1.29, 1.82) is 0 Å². The molecule has 1 saturated heterocycles. The Kier molecular flexibility index (Phi) is 5.38. The van der Waals surface area contributed by atoms with Crippen LogP contribution in [0.25, 0.3) is 0 Å². The zero-order valence-electron chi connectivity index (χ0n) is 15.4. The topological polar surface area (TPSA) is 61.6 Å². The van der Waals surface area contributed by atoms with Crippen LogP contribution in [-0.4, -0.2) is 58.9 Å². The summed E-state index contributed by atoms with van der Waals surface area (Å²) < 4.78 is 2.29. The quantitative estimate of drug-likeness (QED) is 0.658. The van der Waals surface area contributed by atoms with Gasteiger partial charge in [0.1, 0.15) is 5.82 Å². The van der Waals surface area contributed by atoms with Gasteiger partial charge in [-0.1, -0.05) is 6.42 Å². The monoisotopic (exact) mass is 373 g/mol. The van der Waals surface area contributed by atoms with Crippen LogP contribution in [0.15, 0.2) is 22.5 Å². The molecular weight excluding hydrogens is 346 g/mol. The Labute approximate surface area is 158 Å². The highest BCUT2D eigenvalue weighted by Gasteiger charge is 2.21. The second kappa shape index (κ2) is 8.07. The van der Waals surface area contributed by atoms with Gasteiger partial charge in [-0.05, 0) is 30.4 Å². The van der Waals surface area contributed by atoms with Gasteiger partial charge in [-0.25, -0.2) is 0 Å². The smallest absolute Gasteiger partial charge is 0.194 e. The van der Waals surface area contributed by atoms with E-state index in [0.717, 1.165) is 56.8 Å². The zero-order chi connectivity index (χ0) is 17.8. The second-order valence-electron chi connectivity index (χ2n) is 6.82. The van der Waals surface area contributed by atoms with Gasteiger partial charge in [-0.2, -0.15) is 0 Å². The summed E-state index contributed by atoms with van der Waals surface area (Å²) in [6, 6.07) is 4.32. The molecule has 0 spiro atoms. The highest BCUT2D eigenvalue weighted by Crippen LogP contribution is 2.22. The third-order valence-electron chi connectivity index (χ3n) is 5.20. The van der Waals surface area contributed by atoms with Crippen molar-refractivity contribution in [2.45, 2.75) is 38.8 Å². The molecule has 0 bridgehead atoms. The maximum absolute atomic E-state index is 4.49. The molecule has 8 heteroatoms. The van der Waals surface area contributed by atoms with Crippen LogP contribution in [0.2, 0.25) is 0 Å². The van der Waals surface area contributed by atoms with Gasteiger partial charge in [0.25, 0.3) is 0 Å². The number of anilines is 1. The number of nitrogens with zero attached hydrogens (tertiary/aromatic N) is 6. The highest BCUT2D eigenvalue weighted by atomic mass is 32.1. The van der Waals surface area contributed by atoms with Crippen LogP contribution < -0.4 is 10.2 Å². The van der Waals surface area contributed by atoms with Crippen molar-refractivity contribution in [3.05, 3.63) is 29.2 Å². The van der Waals surface area contributed by atoms with Crippen LogP contribution in [0, 0.1) is 0 Å². The van der Waals surface area contributed by atoms with E-state index >= 15 is 0 Å². The van der Waals surface area contributed by atoms with E-state index in [1.807, 2.05) is 18.4 Å². The van der Waals surface area contributed by atoms with E-state index in [2.05, 4.69) is 52.4 Å². The molecule has 0 unspecified atom stereocenters. The van der Waals surface area contributed by atoms with Gasteiger partial charge in [0.05, 0.1) is 11.5 Å². The largest absolute Gasteiger partial charge is 0.360 e. The van der Waals surface area contributed by atoms with Gasteiger partial charge < -0.3 is 19.7 Å². The SMILES string of the molecule is CN=C(NCc1nnc2n1CCCCC2)N1CCN(c2cccs2)CC1. The number of piperazine rings is 1. The van der Waals surface area contributed by atoms with Gasteiger partial charge in [0, 0.05) is 46.2 Å². The van der Waals surface area contributed by atoms with Crippen LogP contribution in [0.5, 0.6) is 0 Å². The maximum Gasteiger partial charge on any atom is 0.194 e. The molecule has 0 atom stereocenters. The van der Waals surface area contributed by atoms with E-state index in [9.17, 15) is 0 Å². The first kappa shape index (κ1) is 17.3. The molecule has 1 N–H and O–H groups in total. The lowest BCUT2D eigenvalue weighted by Gasteiger charge is -2.37. The fraction of sp³-hybridized carbons (Fsp3) is 0.611. The average Bonchev–Trinajstić information content (AvgIpc) is 3.28. The Morgan fingerprint density at radius 1 is 1.15 bits per heavy atom. The second-order valence-corrected chi connectivity index (χ2v) is 7.75. The fourth-order valence-corrected chi connectivity index (χ4v) is 4.54. The first-order valence-electron chi connectivity index (χ1n) is 9.50. The molecule has 2 aliphatic rings. The van der Waals surface area contributed by atoms with Crippen molar-refractivity contribution in [2.75, 3.05) is 38.1 Å². The van der Waals surface area contributed by atoms with Gasteiger partial charge in [0.15, 0.2) is 11.8 Å². The first-order chi connectivity index (χ1) is 12.8. The Morgan fingerprint density at radius 2 is 2.04 bits per heavy atom. The Balaban J connectivity index is 1.34. The zero-order valence-corrected chi connectivity index (χ0v) is 16.2. The van der Waals surface area contributed by atoms with E-state index in [0.29, 0.717) is 6.54 Å². The number of hydrogen-bond acceptors (Lipinski definition) is 5. The van der Waals surface area contributed by atoms with E-state index in [1.165, 1.54) is 24.3 Å². The van der Waals surface area contributed by atoms with Crippen molar-refractivity contribution in [1.82, 2.24) is 25.0 Å². The lowest BCUT2D eigenvalue weighted by Crippen LogP contribution is -2.52.